The first kappa shape index (κ1) is 20.7. The number of aromatic nitrogens is 1. The van der Waals surface area contributed by atoms with Gasteiger partial charge in [0.2, 0.25) is 0 Å². The number of halogens is 1. The molecular weight excluding hydrogens is 391 g/mol. The number of hydrogen-bond acceptors (Lipinski definition) is 5. The van der Waals surface area contributed by atoms with Gasteiger partial charge in [-0.15, -0.1) is 11.3 Å². The molecule has 5 nitrogen and oxygen atoms in total. The third kappa shape index (κ3) is 5.48. The van der Waals surface area contributed by atoms with Gasteiger partial charge >= 0.3 is 5.97 Å². The Morgan fingerprint density at radius 1 is 1.17 bits per heavy atom. The highest BCUT2D eigenvalue weighted by Gasteiger charge is 2.19. The minimum Gasteiger partial charge on any atom is -0.452 e. The summed E-state index contributed by atoms with van der Waals surface area (Å²) in [6.45, 7) is 5.36. The number of ether oxygens (including phenoxy) is 1. The van der Waals surface area contributed by atoms with Crippen molar-refractivity contribution in [3.63, 3.8) is 0 Å². The van der Waals surface area contributed by atoms with Crippen molar-refractivity contribution in [1.29, 1.82) is 0 Å². The van der Waals surface area contributed by atoms with E-state index in [2.05, 4.69) is 10.3 Å². The van der Waals surface area contributed by atoms with Crippen LogP contribution < -0.4 is 5.32 Å². The van der Waals surface area contributed by atoms with Crippen LogP contribution in [0.3, 0.4) is 0 Å². The second kappa shape index (κ2) is 8.96. The number of nitrogens with zero attached hydrogens (tertiary/aromatic N) is 1. The summed E-state index contributed by atoms with van der Waals surface area (Å²) in [5.74, 6) is -1.25. The summed E-state index contributed by atoms with van der Waals surface area (Å²) in [7, 11) is 0. The maximum absolute atomic E-state index is 13.0. The van der Waals surface area contributed by atoms with Gasteiger partial charge in [0.05, 0.1) is 12.1 Å². The third-order valence-corrected chi connectivity index (χ3v) is 5.24. The van der Waals surface area contributed by atoms with E-state index < -0.39 is 18.0 Å². The molecule has 0 fully saturated rings. The van der Waals surface area contributed by atoms with E-state index >= 15 is 0 Å². The van der Waals surface area contributed by atoms with Crippen molar-refractivity contribution in [1.82, 2.24) is 4.98 Å². The lowest BCUT2D eigenvalue weighted by atomic mass is 10.1. The SMILES string of the molecule is Cc1ccc(C)c(NC(=O)[C@H](C)OC(=O)Cc2csc(-c3ccc(F)cc3)n2)c1. The molecule has 0 saturated heterocycles. The molecule has 7 heteroatoms. The van der Waals surface area contributed by atoms with Gasteiger partial charge in [-0.2, -0.15) is 0 Å². The molecule has 0 aliphatic carbocycles. The topological polar surface area (TPSA) is 68.3 Å². The normalized spacial score (nSPS) is 11.7. The number of anilines is 1. The van der Waals surface area contributed by atoms with Crippen LogP contribution in [0.2, 0.25) is 0 Å². The number of carbonyl (C=O) groups is 2. The molecule has 2 aromatic carbocycles. The van der Waals surface area contributed by atoms with Gasteiger partial charge in [-0.1, -0.05) is 12.1 Å². The fraction of sp³-hybridized carbons (Fsp3) is 0.227. The van der Waals surface area contributed by atoms with Crippen molar-refractivity contribution in [2.45, 2.75) is 33.3 Å². The molecule has 1 aromatic heterocycles. The largest absolute Gasteiger partial charge is 0.452 e. The molecule has 0 aliphatic heterocycles. The fourth-order valence-electron chi connectivity index (χ4n) is 2.66. The summed E-state index contributed by atoms with van der Waals surface area (Å²) in [5, 5.41) is 5.23. The Labute approximate surface area is 172 Å². The number of esters is 1. The summed E-state index contributed by atoms with van der Waals surface area (Å²) in [6.07, 6.45) is -0.976. The monoisotopic (exact) mass is 412 g/mol. The summed E-state index contributed by atoms with van der Waals surface area (Å²) in [6, 6.07) is 11.7. The zero-order valence-corrected chi connectivity index (χ0v) is 17.2. The zero-order chi connectivity index (χ0) is 21.0. The van der Waals surface area contributed by atoms with Crippen molar-refractivity contribution < 1.29 is 18.7 Å². The minimum atomic E-state index is -0.933. The van der Waals surface area contributed by atoms with Gasteiger partial charge in [0.15, 0.2) is 6.10 Å². The molecule has 0 saturated carbocycles. The smallest absolute Gasteiger partial charge is 0.312 e. The highest BCUT2D eigenvalue weighted by Crippen LogP contribution is 2.24. The molecule has 29 heavy (non-hydrogen) atoms. The van der Waals surface area contributed by atoms with Crippen LogP contribution in [-0.2, 0) is 20.7 Å². The molecule has 0 radical (unpaired) electrons. The molecule has 0 bridgehead atoms. The Hall–Kier alpha value is -3.06. The van der Waals surface area contributed by atoms with E-state index in [9.17, 15) is 14.0 Å². The summed E-state index contributed by atoms with van der Waals surface area (Å²) in [5.41, 5.74) is 3.97. The number of aryl methyl sites for hydroxylation is 2. The number of carbonyl (C=O) groups excluding carboxylic acids is 2. The van der Waals surface area contributed by atoms with Crippen LogP contribution in [0.5, 0.6) is 0 Å². The second-order valence-electron chi connectivity index (χ2n) is 6.77. The number of rotatable bonds is 6. The fourth-order valence-corrected chi connectivity index (χ4v) is 3.48. The van der Waals surface area contributed by atoms with Crippen molar-refractivity contribution in [2.24, 2.45) is 0 Å². The average molecular weight is 412 g/mol. The van der Waals surface area contributed by atoms with Gasteiger partial charge in [-0.3, -0.25) is 9.59 Å². The Kier molecular flexibility index (Phi) is 6.39. The molecule has 1 heterocycles. The van der Waals surface area contributed by atoms with Gasteiger partial charge in [-0.05, 0) is 62.2 Å². The lowest BCUT2D eigenvalue weighted by Crippen LogP contribution is -2.30. The first-order chi connectivity index (χ1) is 13.8. The zero-order valence-electron chi connectivity index (χ0n) is 16.4. The maximum Gasteiger partial charge on any atom is 0.312 e. The predicted molar refractivity (Wildman–Crippen MR) is 111 cm³/mol. The van der Waals surface area contributed by atoms with Crippen molar-refractivity contribution >= 4 is 28.9 Å². The Balaban J connectivity index is 1.56. The lowest BCUT2D eigenvalue weighted by Gasteiger charge is -2.15. The molecule has 0 spiro atoms. The van der Waals surface area contributed by atoms with E-state index in [1.165, 1.54) is 30.4 Å². The molecule has 150 valence electrons. The molecule has 3 rings (SSSR count). The van der Waals surface area contributed by atoms with E-state index in [1.807, 2.05) is 32.0 Å². The van der Waals surface area contributed by atoms with Gasteiger partial charge in [-0.25, -0.2) is 9.37 Å². The van der Waals surface area contributed by atoms with Crippen molar-refractivity contribution in [2.75, 3.05) is 5.32 Å². The maximum atomic E-state index is 13.0. The van der Waals surface area contributed by atoms with Gasteiger partial charge in [0.25, 0.3) is 5.91 Å². The predicted octanol–water partition coefficient (Wildman–Crippen LogP) is 4.68. The molecule has 0 aliphatic rings. The first-order valence-electron chi connectivity index (χ1n) is 9.10. The molecule has 1 amide bonds. The van der Waals surface area contributed by atoms with Crippen LogP contribution in [-0.4, -0.2) is 23.0 Å². The number of hydrogen-bond donors (Lipinski definition) is 1. The highest BCUT2D eigenvalue weighted by atomic mass is 32.1. The summed E-state index contributed by atoms with van der Waals surface area (Å²) < 4.78 is 18.3. The number of nitrogens with one attached hydrogen (secondary N) is 1. The molecule has 3 aromatic rings. The van der Waals surface area contributed by atoms with Gasteiger partial charge in [0, 0.05) is 16.6 Å². The summed E-state index contributed by atoms with van der Waals surface area (Å²) in [4.78, 5) is 28.9. The number of amides is 1. The van der Waals surface area contributed by atoms with Crippen molar-refractivity contribution in [3.05, 3.63) is 70.5 Å². The van der Waals surface area contributed by atoms with Crippen LogP contribution in [0.1, 0.15) is 23.7 Å². The molecule has 1 atom stereocenters. The van der Waals surface area contributed by atoms with Crippen LogP contribution in [0.4, 0.5) is 10.1 Å². The Bertz CT molecular complexity index is 1030. The molecule has 0 unspecified atom stereocenters. The Morgan fingerprint density at radius 3 is 2.62 bits per heavy atom. The first-order valence-corrected chi connectivity index (χ1v) is 9.97. The second-order valence-corrected chi connectivity index (χ2v) is 7.63. The highest BCUT2D eigenvalue weighted by molar-refractivity contribution is 7.13. The molecular formula is C22H21FN2O3S. The summed E-state index contributed by atoms with van der Waals surface area (Å²) >= 11 is 1.36. The van der Waals surface area contributed by atoms with E-state index in [1.54, 1.807) is 17.5 Å². The lowest BCUT2D eigenvalue weighted by molar-refractivity contribution is -0.152. The van der Waals surface area contributed by atoms with Crippen LogP contribution in [0.15, 0.2) is 47.8 Å². The van der Waals surface area contributed by atoms with Crippen LogP contribution in [0, 0.1) is 19.7 Å². The average Bonchev–Trinajstić information content (AvgIpc) is 3.13. The number of thiazole rings is 1. The van der Waals surface area contributed by atoms with E-state index in [0.717, 1.165) is 16.7 Å². The van der Waals surface area contributed by atoms with Crippen LogP contribution in [0.25, 0.3) is 10.6 Å². The van der Waals surface area contributed by atoms with E-state index in [4.69, 9.17) is 4.74 Å². The number of benzene rings is 2. The standard InChI is InChI=1S/C22H21FN2O3S/c1-13-4-5-14(2)19(10-13)25-21(27)15(3)28-20(26)11-18-12-29-22(24-18)16-6-8-17(23)9-7-16/h4-10,12,15H,11H2,1-3H3,(H,25,27)/t15-/m0/s1. The third-order valence-electron chi connectivity index (χ3n) is 4.30. The minimum absolute atomic E-state index is 0.0429. The van der Waals surface area contributed by atoms with E-state index in [-0.39, 0.29) is 12.2 Å². The quantitative estimate of drug-likeness (QED) is 0.597. The Morgan fingerprint density at radius 2 is 1.90 bits per heavy atom. The molecule has 1 N–H and O–H groups in total. The van der Waals surface area contributed by atoms with Gasteiger partial charge < -0.3 is 10.1 Å². The van der Waals surface area contributed by atoms with E-state index in [0.29, 0.717) is 16.4 Å². The van der Waals surface area contributed by atoms with Crippen LogP contribution >= 0.6 is 11.3 Å². The van der Waals surface area contributed by atoms with Gasteiger partial charge in [0.1, 0.15) is 10.8 Å². The van der Waals surface area contributed by atoms with Crippen molar-refractivity contribution in [3.8, 4) is 10.6 Å².